The molecular weight excluding hydrogens is 346 g/mol. The van der Waals surface area contributed by atoms with Gasteiger partial charge in [0, 0.05) is 28.6 Å². The van der Waals surface area contributed by atoms with Crippen LogP contribution in [0.5, 0.6) is 0 Å². The third kappa shape index (κ3) is 3.71. The number of nitrogens with zero attached hydrogens (tertiary/aromatic N) is 1. The van der Waals surface area contributed by atoms with Crippen LogP contribution in [0.2, 0.25) is 0 Å². The lowest BCUT2D eigenvalue weighted by Crippen LogP contribution is -2.26. The maximum Gasteiger partial charge on any atom is 0.257 e. The summed E-state index contributed by atoms with van der Waals surface area (Å²) in [6.07, 6.45) is 4.94. The van der Waals surface area contributed by atoms with Gasteiger partial charge in [-0.15, -0.1) is 0 Å². The molecule has 0 bridgehead atoms. The summed E-state index contributed by atoms with van der Waals surface area (Å²) >= 11 is 3.35. The number of carbonyl (C=O) groups is 2. The van der Waals surface area contributed by atoms with Crippen molar-refractivity contribution in [3.05, 3.63) is 58.3 Å². The van der Waals surface area contributed by atoms with E-state index >= 15 is 0 Å². The molecule has 0 radical (unpaired) electrons. The number of benzene rings is 1. The van der Waals surface area contributed by atoms with E-state index in [1.54, 1.807) is 18.2 Å². The highest BCUT2D eigenvalue weighted by Crippen LogP contribution is 2.20. The molecule has 0 unspecified atom stereocenters. The molecule has 22 heavy (non-hydrogen) atoms. The molecule has 0 saturated heterocycles. The van der Waals surface area contributed by atoms with E-state index in [1.807, 2.05) is 12.1 Å². The van der Waals surface area contributed by atoms with Gasteiger partial charge >= 0.3 is 0 Å². The van der Waals surface area contributed by atoms with Crippen molar-refractivity contribution in [1.82, 2.24) is 10.3 Å². The molecule has 0 spiro atoms. The first-order valence-corrected chi connectivity index (χ1v) is 7.74. The second-order valence-corrected chi connectivity index (χ2v) is 6.09. The van der Waals surface area contributed by atoms with Gasteiger partial charge in [0.1, 0.15) is 0 Å². The average molecular weight is 360 g/mol. The topological polar surface area (TPSA) is 71.1 Å². The van der Waals surface area contributed by atoms with E-state index < -0.39 is 0 Å². The molecule has 2 aromatic rings. The maximum atomic E-state index is 12.2. The van der Waals surface area contributed by atoms with Gasteiger partial charge in [-0.05, 0) is 37.1 Å². The summed E-state index contributed by atoms with van der Waals surface area (Å²) in [6, 6.07) is 9.12. The summed E-state index contributed by atoms with van der Waals surface area (Å²) in [7, 11) is 0. The lowest BCUT2D eigenvalue weighted by atomic mass is 10.2. The van der Waals surface area contributed by atoms with E-state index in [2.05, 4.69) is 31.5 Å². The van der Waals surface area contributed by atoms with E-state index in [4.69, 9.17) is 0 Å². The molecular formula is C16H14BrN3O2. The second-order valence-electron chi connectivity index (χ2n) is 5.17. The number of aromatic nitrogens is 1. The zero-order valence-electron chi connectivity index (χ0n) is 11.7. The lowest BCUT2D eigenvalue weighted by Gasteiger charge is -2.07. The molecule has 112 valence electrons. The van der Waals surface area contributed by atoms with Crippen LogP contribution >= 0.6 is 15.9 Å². The van der Waals surface area contributed by atoms with Crippen molar-refractivity contribution in [2.75, 3.05) is 5.32 Å². The first-order chi connectivity index (χ1) is 10.6. The summed E-state index contributed by atoms with van der Waals surface area (Å²) in [5, 5.41) is 5.65. The lowest BCUT2D eigenvalue weighted by molar-refractivity contribution is 0.0950. The Morgan fingerprint density at radius 3 is 2.50 bits per heavy atom. The van der Waals surface area contributed by atoms with Crippen LogP contribution in [-0.4, -0.2) is 22.8 Å². The highest BCUT2D eigenvalue weighted by atomic mass is 79.9. The van der Waals surface area contributed by atoms with Crippen LogP contribution in [0.1, 0.15) is 33.6 Å². The monoisotopic (exact) mass is 359 g/mol. The fourth-order valence-corrected chi connectivity index (χ4v) is 2.35. The molecule has 1 aromatic heterocycles. The molecule has 1 aromatic carbocycles. The van der Waals surface area contributed by atoms with Gasteiger partial charge in [0.05, 0.1) is 11.1 Å². The smallest absolute Gasteiger partial charge is 0.257 e. The molecule has 3 rings (SSSR count). The number of hydrogen-bond acceptors (Lipinski definition) is 3. The van der Waals surface area contributed by atoms with E-state index in [0.717, 1.165) is 17.3 Å². The van der Waals surface area contributed by atoms with Crippen molar-refractivity contribution >= 4 is 33.4 Å². The number of hydrogen-bond donors (Lipinski definition) is 2. The average Bonchev–Trinajstić information content (AvgIpc) is 3.31. The van der Waals surface area contributed by atoms with Crippen molar-refractivity contribution in [2.45, 2.75) is 18.9 Å². The Morgan fingerprint density at radius 1 is 1.09 bits per heavy atom. The van der Waals surface area contributed by atoms with Crippen LogP contribution in [-0.2, 0) is 0 Å². The predicted octanol–water partition coefficient (Wildman–Crippen LogP) is 2.99. The maximum absolute atomic E-state index is 12.2. The summed E-state index contributed by atoms with van der Waals surface area (Å²) in [5.74, 6) is -0.487. The van der Waals surface area contributed by atoms with Gasteiger partial charge < -0.3 is 10.6 Å². The Balaban J connectivity index is 1.73. The number of rotatable bonds is 4. The Morgan fingerprint density at radius 2 is 1.82 bits per heavy atom. The minimum Gasteiger partial charge on any atom is -0.349 e. The van der Waals surface area contributed by atoms with Gasteiger partial charge in [-0.1, -0.05) is 22.0 Å². The highest BCUT2D eigenvalue weighted by molar-refractivity contribution is 9.10. The van der Waals surface area contributed by atoms with Crippen molar-refractivity contribution in [3.8, 4) is 0 Å². The summed E-state index contributed by atoms with van der Waals surface area (Å²) in [5.41, 5.74) is 1.42. The normalized spacial score (nSPS) is 13.5. The number of amides is 2. The van der Waals surface area contributed by atoms with Gasteiger partial charge in [0.25, 0.3) is 11.8 Å². The molecule has 1 aliphatic rings. The van der Waals surface area contributed by atoms with E-state index in [9.17, 15) is 9.59 Å². The number of halogens is 1. The van der Waals surface area contributed by atoms with Crippen molar-refractivity contribution in [1.29, 1.82) is 0 Å². The molecule has 1 saturated carbocycles. The van der Waals surface area contributed by atoms with Gasteiger partial charge in [-0.25, -0.2) is 0 Å². The number of anilines is 1. The standard InChI is InChI=1S/C16H14BrN3O2/c17-12-2-1-3-14(7-12)20-16(22)11-6-10(8-18-9-11)15(21)19-13-4-5-13/h1-3,6-9,13H,4-5H2,(H,19,21)(H,20,22). The van der Waals surface area contributed by atoms with Gasteiger partial charge in [0.15, 0.2) is 0 Å². The zero-order chi connectivity index (χ0) is 15.5. The summed E-state index contributed by atoms with van der Waals surface area (Å²) in [4.78, 5) is 28.2. The molecule has 6 heteroatoms. The number of pyridine rings is 1. The van der Waals surface area contributed by atoms with Crippen LogP contribution in [0.25, 0.3) is 0 Å². The molecule has 0 atom stereocenters. The second kappa shape index (κ2) is 6.27. The summed E-state index contributed by atoms with van der Waals surface area (Å²) < 4.78 is 0.876. The first kappa shape index (κ1) is 14.7. The van der Waals surface area contributed by atoms with Gasteiger partial charge in [-0.2, -0.15) is 0 Å². The molecule has 1 fully saturated rings. The highest BCUT2D eigenvalue weighted by Gasteiger charge is 2.24. The SMILES string of the molecule is O=C(Nc1cccc(Br)c1)c1cncc(C(=O)NC2CC2)c1. The van der Waals surface area contributed by atoms with Crippen LogP contribution < -0.4 is 10.6 Å². The van der Waals surface area contributed by atoms with E-state index in [-0.39, 0.29) is 17.9 Å². The van der Waals surface area contributed by atoms with Crippen LogP contribution in [0, 0.1) is 0 Å². The van der Waals surface area contributed by atoms with Crippen molar-refractivity contribution < 1.29 is 9.59 Å². The third-order valence-corrected chi connectivity index (χ3v) is 3.75. The van der Waals surface area contributed by atoms with Gasteiger partial charge in [0.2, 0.25) is 0 Å². The predicted molar refractivity (Wildman–Crippen MR) is 86.8 cm³/mol. The molecule has 2 amide bonds. The molecule has 1 aliphatic carbocycles. The molecule has 1 heterocycles. The fraction of sp³-hybridized carbons (Fsp3) is 0.188. The van der Waals surface area contributed by atoms with E-state index in [0.29, 0.717) is 16.8 Å². The summed E-state index contributed by atoms with van der Waals surface area (Å²) in [6.45, 7) is 0. The minimum atomic E-state index is -0.299. The van der Waals surface area contributed by atoms with Crippen LogP contribution in [0.4, 0.5) is 5.69 Å². The minimum absolute atomic E-state index is 0.188. The number of nitrogens with one attached hydrogen (secondary N) is 2. The third-order valence-electron chi connectivity index (χ3n) is 3.26. The van der Waals surface area contributed by atoms with Gasteiger partial charge in [-0.3, -0.25) is 14.6 Å². The Kier molecular flexibility index (Phi) is 4.20. The van der Waals surface area contributed by atoms with Crippen LogP contribution in [0.3, 0.4) is 0 Å². The Labute approximate surface area is 136 Å². The van der Waals surface area contributed by atoms with Crippen molar-refractivity contribution in [2.24, 2.45) is 0 Å². The molecule has 2 N–H and O–H groups in total. The van der Waals surface area contributed by atoms with Crippen molar-refractivity contribution in [3.63, 3.8) is 0 Å². The Hall–Kier alpha value is -2.21. The zero-order valence-corrected chi connectivity index (χ0v) is 13.3. The fourth-order valence-electron chi connectivity index (χ4n) is 1.95. The molecule has 5 nitrogen and oxygen atoms in total. The Bertz CT molecular complexity index is 729. The van der Waals surface area contributed by atoms with Crippen LogP contribution in [0.15, 0.2) is 47.2 Å². The largest absolute Gasteiger partial charge is 0.349 e. The van der Waals surface area contributed by atoms with E-state index in [1.165, 1.54) is 12.4 Å². The quantitative estimate of drug-likeness (QED) is 0.881. The first-order valence-electron chi connectivity index (χ1n) is 6.94. The number of carbonyl (C=O) groups excluding carboxylic acids is 2. The molecule has 0 aliphatic heterocycles.